The van der Waals surface area contributed by atoms with Gasteiger partial charge in [-0.1, -0.05) is 15.9 Å². The van der Waals surface area contributed by atoms with Crippen molar-refractivity contribution in [2.24, 2.45) is 0 Å². The first-order valence-electron chi connectivity index (χ1n) is 5.67. The Labute approximate surface area is 119 Å². The number of methoxy groups -OCH3 is 1. The zero-order valence-corrected chi connectivity index (χ0v) is 12.2. The second kappa shape index (κ2) is 5.48. The number of ether oxygens (including phenoxy) is 1. The summed E-state index contributed by atoms with van der Waals surface area (Å²) in [5, 5.41) is 3.15. The largest absolute Gasteiger partial charge is 0.494 e. The van der Waals surface area contributed by atoms with E-state index in [4.69, 9.17) is 10.5 Å². The average Bonchev–Trinajstić information content (AvgIpc) is 2.37. The maximum absolute atomic E-state index is 13.4. The van der Waals surface area contributed by atoms with Crippen LogP contribution in [0.1, 0.15) is 5.56 Å². The highest BCUT2D eigenvalue weighted by Crippen LogP contribution is 2.31. The Balaban J connectivity index is 2.34. The number of aryl methyl sites for hydroxylation is 1. The SMILES string of the molecule is COc1cc(Nc2ccc(Br)c(C)c2)c(N)cc1F. The van der Waals surface area contributed by atoms with Crippen molar-refractivity contribution in [3.63, 3.8) is 0 Å². The molecule has 3 nitrogen and oxygen atoms in total. The minimum absolute atomic E-state index is 0.158. The molecule has 3 N–H and O–H groups in total. The van der Waals surface area contributed by atoms with Crippen molar-refractivity contribution in [1.29, 1.82) is 0 Å². The summed E-state index contributed by atoms with van der Waals surface area (Å²) in [6.45, 7) is 1.99. The Morgan fingerprint density at radius 1 is 1.26 bits per heavy atom. The van der Waals surface area contributed by atoms with E-state index in [0.717, 1.165) is 15.7 Å². The van der Waals surface area contributed by atoms with E-state index in [2.05, 4.69) is 21.2 Å². The lowest BCUT2D eigenvalue weighted by atomic mass is 10.2. The van der Waals surface area contributed by atoms with Gasteiger partial charge in [0.25, 0.3) is 0 Å². The Hall–Kier alpha value is -1.75. The molecule has 0 atom stereocenters. The van der Waals surface area contributed by atoms with Gasteiger partial charge in [-0.3, -0.25) is 0 Å². The second-order valence-electron chi connectivity index (χ2n) is 4.16. The molecule has 0 aromatic heterocycles. The van der Waals surface area contributed by atoms with Crippen LogP contribution in [-0.2, 0) is 0 Å². The van der Waals surface area contributed by atoms with Gasteiger partial charge in [0.2, 0.25) is 0 Å². The molecule has 0 saturated carbocycles. The van der Waals surface area contributed by atoms with Crippen LogP contribution in [0.15, 0.2) is 34.8 Å². The monoisotopic (exact) mass is 324 g/mol. The molecule has 0 aliphatic heterocycles. The van der Waals surface area contributed by atoms with Gasteiger partial charge in [-0.25, -0.2) is 4.39 Å². The molecule has 0 aliphatic rings. The first-order valence-corrected chi connectivity index (χ1v) is 6.46. The van der Waals surface area contributed by atoms with Crippen LogP contribution in [0.2, 0.25) is 0 Å². The van der Waals surface area contributed by atoms with Gasteiger partial charge in [0.15, 0.2) is 11.6 Å². The molecule has 2 aromatic rings. The average molecular weight is 325 g/mol. The summed E-state index contributed by atoms with van der Waals surface area (Å²) < 4.78 is 19.4. The molecule has 0 saturated heterocycles. The first kappa shape index (κ1) is 13.7. The standard InChI is InChI=1S/C14H14BrFN2O/c1-8-5-9(3-4-10(8)15)18-13-7-14(19-2)11(16)6-12(13)17/h3-7,18H,17H2,1-2H3. The van der Waals surface area contributed by atoms with Crippen LogP contribution in [0.3, 0.4) is 0 Å². The van der Waals surface area contributed by atoms with E-state index in [1.165, 1.54) is 13.2 Å². The molecule has 2 aromatic carbocycles. The van der Waals surface area contributed by atoms with Crippen molar-refractivity contribution in [3.8, 4) is 5.75 Å². The number of nitrogens with one attached hydrogen (secondary N) is 1. The van der Waals surface area contributed by atoms with Gasteiger partial charge in [0.05, 0.1) is 18.5 Å². The maximum atomic E-state index is 13.4. The van der Waals surface area contributed by atoms with E-state index >= 15 is 0 Å². The molecular weight excluding hydrogens is 311 g/mol. The van der Waals surface area contributed by atoms with E-state index in [1.807, 2.05) is 25.1 Å². The van der Waals surface area contributed by atoms with Crippen molar-refractivity contribution in [2.45, 2.75) is 6.92 Å². The first-order chi connectivity index (χ1) is 9.01. The quantitative estimate of drug-likeness (QED) is 0.830. The van der Waals surface area contributed by atoms with Crippen molar-refractivity contribution in [1.82, 2.24) is 0 Å². The van der Waals surface area contributed by atoms with Gasteiger partial charge in [-0.15, -0.1) is 0 Å². The van der Waals surface area contributed by atoms with Crippen LogP contribution in [0, 0.1) is 12.7 Å². The van der Waals surface area contributed by atoms with Gasteiger partial charge >= 0.3 is 0 Å². The molecule has 100 valence electrons. The van der Waals surface area contributed by atoms with Gasteiger partial charge in [-0.2, -0.15) is 0 Å². The van der Waals surface area contributed by atoms with Crippen molar-refractivity contribution < 1.29 is 9.13 Å². The molecule has 0 bridgehead atoms. The van der Waals surface area contributed by atoms with E-state index in [-0.39, 0.29) is 5.75 Å². The van der Waals surface area contributed by atoms with Crippen LogP contribution in [-0.4, -0.2) is 7.11 Å². The minimum Gasteiger partial charge on any atom is -0.494 e. The zero-order valence-electron chi connectivity index (χ0n) is 10.6. The Morgan fingerprint density at radius 3 is 2.63 bits per heavy atom. The Kier molecular flexibility index (Phi) is 3.95. The third-order valence-electron chi connectivity index (χ3n) is 2.76. The topological polar surface area (TPSA) is 47.3 Å². The lowest BCUT2D eigenvalue weighted by Crippen LogP contribution is -1.99. The molecule has 0 aliphatic carbocycles. The predicted octanol–water partition coefficient (Wildman–Crippen LogP) is 4.23. The lowest BCUT2D eigenvalue weighted by Gasteiger charge is -2.12. The molecule has 0 radical (unpaired) electrons. The maximum Gasteiger partial charge on any atom is 0.167 e. The highest BCUT2D eigenvalue weighted by molar-refractivity contribution is 9.10. The van der Waals surface area contributed by atoms with E-state index in [1.54, 1.807) is 6.07 Å². The summed E-state index contributed by atoms with van der Waals surface area (Å²) in [6.07, 6.45) is 0. The summed E-state index contributed by atoms with van der Waals surface area (Å²) in [7, 11) is 1.42. The third kappa shape index (κ3) is 2.98. The summed E-state index contributed by atoms with van der Waals surface area (Å²) >= 11 is 3.44. The highest BCUT2D eigenvalue weighted by Gasteiger charge is 2.09. The fourth-order valence-electron chi connectivity index (χ4n) is 1.71. The van der Waals surface area contributed by atoms with Gasteiger partial charge in [0, 0.05) is 22.3 Å². The third-order valence-corrected chi connectivity index (χ3v) is 3.65. The summed E-state index contributed by atoms with van der Waals surface area (Å²) in [4.78, 5) is 0. The molecule has 0 amide bonds. The van der Waals surface area contributed by atoms with Crippen molar-refractivity contribution in [3.05, 3.63) is 46.2 Å². The minimum atomic E-state index is -0.475. The molecule has 0 spiro atoms. The molecule has 5 heteroatoms. The molecule has 0 unspecified atom stereocenters. The second-order valence-corrected chi connectivity index (χ2v) is 5.02. The zero-order chi connectivity index (χ0) is 14.0. The number of hydrogen-bond donors (Lipinski definition) is 2. The Morgan fingerprint density at radius 2 is 2.00 bits per heavy atom. The number of rotatable bonds is 3. The smallest absolute Gasteiger partial charge is 0.167 e. The number of nitrogens with two attached hydrogens (primary N) is 1. The van der Waals surface area contributed by atoms with Crippen molar-refractivity contribution in [2.75, 3.05) is 18.2 Å². The molecule has 0 fully saturated rings. The normalized spacial score (nSPS) is 10.3. The number of nitrogen functional groups attached to an aromatic ring is 1. The van der Waals surface area contributed by atoms with E-state index < -0.39 is 5.82 Å². The van der Waals surface area contributed by atoms with Crippen LogP contribution < -0.4 is 15.8 Å². The van der Waals surface area contributed by atoms with Crippen LogP contribution in [0.5, 0.6) is 5.75 Å². The van der Waals surface area contributed by atoms with Crippen LogP contribution in [0.25, 0.3) is 0 Å². The van der Waals surface area contributed by atoms with Crippen LogP contribution in [0.4, 0.5) is 21.5 Å². The molecule has 0 heterocycles. The van der Waals surface area contributed by atoms with E-state index in [0.29, 0.717) is 11.4 Å². The number of benzene rings is 2. The van der Waals surface area contributed by atoms with Gasteiger partial charge in [0.1, 0.15) is 0 Å². The van der Waals surface area contributed by atoms with Gasteiger partial charge < -0.3 is 15.8 Å². The highest BCUT2D eigenvalue weighted by atomic mass is 79.9. The molecular formula is C14H14BrFN2O. The summed E-state index contributed by atoms with van der Waals surface area (Å²) in [6, 6.07) is 8.61. The predicted molar refractivity (Wildman–Crippen MR) is 79.5 cm³/mol. The molecule has 19 heavy (non-hydrogen) atoms. The fraction of sp³-hybridized carbons (Fsp3) is 0.143. The van der Waals surface area contributed by atoms with Crippen molar-refractivity contribution >= 4 is 33.0 Å². The molecule has 2 rings (SSSR count). The number of anilines is 3. The number of halogens is 2. The fourth-order valence-corrected chi connectivity index (χ4v) is 1.96. The number of hydrogen-bond acceptors (Lipinski definition) is 3. The summed E-state index contributed by atoms with van der Waals surface area (Å²) in [5.74, 6) is -0.317. The van der Waals surface area contributed by atoms with E-state index in [9.17, 15) is 4.39 Å². The van der Waals surface area contributed by atoms with Crippen LogP contribution >= 0.6 is 15.9 Å². The van der Waals surface area contributed by atoms with Gasteiger partial charge in [-0.05, 0) is 30.7 Å². The Bertz CT molecular complexity index is 617. The summed E-state index contributed by atoms with van der Waals surface area (Å²) in [5.41, 5.74) is 8.71. The lowest BCUT2D eigenvalue weighted by molar-refractivity contribution is 0.387.